The number of aromatic nitrogens is 4. The summed E-state index contributed by atoms with van der Waals surface area (Å²) in [7, 11) is 0. The number of fused-ring (bicyclic) bond motifs is 1. The highest BCUT2D eigenvalue weighted by Gasteiger charge is 2.30. The molecule has 29 heavy (non-hydrogen) atoms. The minimum atomic E-state index is -0.0458. The number of para-hydroxylation sites is 2. The second kappa shape index (κ2) is 7.40. The van der Waals surface area contributed by atoms with E-state index in [1.165, 1.54) is 9.50 Å². The van der Waals surface area contributed by atoms with Gasteiger partial charge in [-0.2, -0.15) is 9.90 Å². The number of aryl methyl sites for hydroxylation is 1. The van der Waals surface area contributed by atoms with Crippen molar-refractivity contribution in [2.75, 3.05) is 13.1 Å². The molecular formula is C22H21N5OS. The fourth-order valence-electron chi connectivity index (χ4n) is 3.83. The van der Waals surface area contributed by atoms with Gasteiger partial charge < -0.3 is 4.90 Å². The Morgan fingerprint density at radius 1 is 1.07 bits per heavy atom. The zero-order chi connectivity index (χ0) is 19.8. The summed E-state index contributed by atoms with van der Waals surface area (Å²) in [6, 6.07) is 17.9. The first-order valence-corrected chi connectivity index (χ1v) is 10.6. The second-order valence-corrected chi connectivity index (χ2v) is 8.43. The number of thiazole rings is 1. The molecule has 1 fully saturated rings. The van der Waals surface area contributed by atoms with E-state index in [4.69, 9.17) is 4.98 Å². The molecule has 0 bridgehead atoms. The van der Waals surface area contributed by atoms with Crippen LogP contribution in [-0.4, -0.2) is 43.9 Å². The molecule has 3 heterocycles. The minimum absolute atomic E-state index is 0.0458. The topological polar surface area (TPSA) is 63.9 Å². The van der Waals surface area contributed by atoms with E-state index in [-0.39, 0.29) is 11.8 Å². The molecule has 2 aromatic heterocycles. The maximum atomic E-state index is 13.2. The van der Waals surface area contributed by atoms with Gasteiger partial charge in [0.25, 0.3) is 5.91 Å². The normalized spacial score (nSPS) is 17.0. The smallest absolute Gasteiger partial charge is 0.276 e. The minimum Gasteiger partial charge on any atom is -0.336 e. The zero-order valence-corrected chi connectivity index (χ0v) is 17.0. The van der Waals surface area contributed by atoms with Crippen LogP contribution in [0.5, 0.6) is 0 Å². The Labute approximate surface area is 172 Å². The average Bonchev–Trinajstić information content (AvgIpc) is 3.38. The fourth-order valence-corrected chi connectivity index (χ4v) is 4.92. The van der Waals surface area contributed by atoms with E-state index in [1.54, 1.807) is 11.3 Å². The van der Waals surface area contributed by atoms with Crippen molar-refractivity contribution >= 4 is 27.5 Å². The highest BCUT2D eigenvalue weighted by molar-refractivity contribution is 7.18. The van der Waals surface area contributed by atoms with E-state index in [0.717, 1.165) is 35.6 Å². The first kappa shape index (κ1) is 18.0. The molecule has 1 amide bonds. The summed E-state index contributed by atoms with van der Waals surface area (Å²) in [6.45, 7) is 3.27. The third kappa shape index (κ3) is 3.42. The molecular weight excluding hydrogens is 382 g/mol. The molecule has 1 saturated heterocycles. The molecule has 1 aliphatic rings. The monoisotopic (exact) mass is 403 g/mol. The molecule has 0 unspecified atom stereocenters. The van der Waals surface area contributed by atoms with Gasteiger partial charge in [0.05, 0.1) is 26.6 Å². The van der Waals surface area contributed by atoms with Gasteiger partial charge in [-0.3, -0.25) is 4.79 Å². The van der Waals surface area contributed by atoms with Crippen molar-refractivity contribution in [1.29, 1.82) is 0 Å². The quantitative estimate of drug-likeness (QED) is 0.514. The summed E-state index contributed by atoms with van der Waals surface area (Å²) in [4.78, 5) is 21.5. The Morgan fingerprint density at radius 2 is 1.86 bits per heavy atom. The summed E-state index contributed by atoms with van der Waals surface area (Å²) in [6.07, 6.45) is 2.03. The van der Waals surface area contributed by atoms with Crippen molar-refractivity contribution in [2.45, 2.75) is 25.7 Å². The fraction of sp³-hybridized carbons (Fsp3) is 0.273. The van der Waals surface area contributed by atoms with Crippen molar-refractivity contribution in [3.63, 3.8) is 0 Å². The molecule has 4 aromatic rings. The lowest BCUT2D eigenvalue weighted by Gasteiger charge is -2.31. The van der Waals surface area contributed by atoms with Gasteiger partial charge in [0.1, 0.15) is 0 Å². The molecule has 1 atom stereocenters. The number of likely N-dealkylation sites (tertiary alicyclic amines) is 1. The summed E-state index contributed by atoms with van der Waals surface area (Å²) in [5.41, 5.74) is 2.97. The number of benzene rings is 2. The summed E-state index contributed by atoms with van der Waals surface area (Å²) >= 11 is 1.74. The molecule has 7 heteroatoms. The van der Waals surface area contributed by atoms with Gasteiger partial charge in [0, 0.05) is 19.0 Å². The molecule has 0 aliphatic carbocycles. The van der Waals surface area contributed by atoms with E-state index in [2.05, 4.69) is 16.3 Å². The van der Waals surface area contributed by atoms with Crippen molar-refractivity contribution in [3.8, 4) is 5.69 Å². The lowest BCUT2D eigenvalue weighted by Crippen LogP contribution is -2.39. The summed E-state index contributed by atoms with van der Waals surface area (Å²) in [5, 5.41) is 10.1. The van der Waals surface area contributed by atoms with E-state index >= 15 is 0 Å². The van der Waals surface area contributed by atoms with Crippen LogP contribution in [0.15, 0.2) is 54.6 Å². The predicted molar refractivity (Wildman–Crippen MR) is 114 cm³/mol. The molecule has 6 nitrogen and oxygen atoms in total. The molecule has 0 saturated carbocycles. The molecule has 5 rings (SSSR count). The van der Waals surface area contributed by atoms with Crippen LogP contribution < -0.4 is 0 Å². The van der Waals surface area contributed by atoms with Gasteiger partial charge in [0.2, 0.25) is 0 Å². The first-order valence-electron chi connectivity index (χ1n) is 9.83. The van der Waals surface area contributed by atoms with Crippen molar-refractivity contribution < 1.29 is 4.79 Å². The standard InChI is InChI=1S/C22H21N5OS/c1-15-20(25-27(24-15)17-9-3-2-4-10-17)22(28)26-13-7-8-16(14-26)21-23-18-11-5-6-12-19(18)29-21/h2-6,9-12,16H,7-8,13-14H2,1H3/t16-/m1/s1. The lowest BCUT2D eigenvalue weighted by molar-refractivity contribution is 0.0700. The van der Waals surface area contributed by atoms with Crippen LogP contribution in [0.2, 0.25) is 0 Å². The van der Waals surface area contributed by atoms with Crippen LogP contribution in [0.4, 0.5) is 0 Å². The third-order valence-electron chi connectivity index (χ3n) is 5.34. The molecule has 146 valence electrons. The van der Waals surface area contributed by atoms with Crippen LogP contribution in [0.3, 0.4) is 0 Å². The van der Waals surface area contributed by atoms with Crippen LogP contribution in [0.1, 0.15) is 39.9 Å². The number of nitrogens with zero attached hydrogens (tertiary/aromatic N) is 5. The maximum absolute atomic E-state index is 13.2. The number of hydrogen-bond donors (Lipinski definition) is 0. The third-order valence-corrected chi connectivity index (χ3v) is 6.54. The molecule has 0 spiro atoms. The van der Waals surface area contributed by atoms with Crippen LogP contribution >= 0.6 is 11.3 Å². The number of rotatable bonds is 3. The highest BCUT2D eigenvalue weighted by atomic mass is 32.1. The molecule has 0 N–H and O–H groups in total. The van der Waals surface area contributed by atoms with Gasteiger partial charge in [-0.25, -0.2) is 4.98 Å². The van der Waals surface area contributed by atoms with E-state index in [0.29, 0.717) is 17.9 Å². The summed E-state index contributed by atoms with van der Waals surface area (Å²) in [5.74, 6) is 0.227. The van der Waals surface area contributed by atoms with Crippen LogP contribution in [-0.2, 0) is 0 Å². The number of amides is 1. The molecule has 0 radical (unpaired) electrons. The van der Waals surface area contributed by atoms with E-state index in [9.17, 15) is 4.79 Å². The number of carbonyl (C=O) groups excluding carboxylic acids is 1. The summed E-state index contributed by atoms with van der Waals surface area (Å²) < 4.78 is 1.20. The van der Waals surface area contributed by atoms with Crippen molar-refractivity contribution in [1.82, 2.24) is 24.9 Å². The van der Waals surface area contributed by atoms with E-state index < -0.39 is 0 Å². The Balaban J connectivity index is 1.38. The lowest BCUT2D eigenvalue weighted by atomic mass is 9.98. The van der Waals surface area contributed by atoms with Crippen molar-refractivity contribution in [3.05, 3.63) is 71.0 Å². The van der Waals surface area contributed by atoms with Gasteiger partial charge >= 0.3 is 0 Å². The van der Waals surface area contributed by atoms with Gasteiger partial charge in [0.15, 0.2) is 5.69 Å². The second-order valence-electron chi connectivity index (χ2n) is 7.37. The Bertz CT molecular complexity index is 1130. The maximum Gasteiger partial charge on any atom is 0.276 e. The van der Waals surface area contributed by atoms with Crippen LogP contribution in [0.25, 0.3) is 15.9 Å². The largest absolute Gasteiger partial charge is 0.336 e. The van der Waals surface area contributed by atoms with Gasteiger partial charge in [-0.1, -0.05) is 30.3 Å². The predicted octanol–water partition coefficient (Wildman–Crippen LogP) is 4.21. The molecule has 2 aromatic carbocycles. The number of carbonyl (C=O) groups is 1. The Morgan fingerprint density at radius 3 is 2.69 bits per heavy atom. The number of hydrogen-bond acceptors (Lipinski definition) is 5. The highest BCUT2D eigenvalue weighted by Crippen LogP contribution is 2.33. The number of piperidine rings is 1. The average molecular weight is 404 g/mol. The first-order chi connectivity index (χ1) is 14.2. The Hall–Kier alpha value is -3.06. The molecule has 1 aliphatic heterocycles. The van der Waals surface area contributed by atoms with Gasteiger partial charge in [-0.05, 0) is 44.0 Å². The van der Waals surface area contributed by atoms with Crippen LogP contribution in [0, 0.1) is 6.92 Å². The van der Waals surface area contributed by atoms with Gasteiger partial charge in [-0.15, -0.1) is 16.4 Å². The van der Waals surface area contributed by atoms with Crippen molar-refractivity contribution in [2.24, 2.45) is 0 Å². The van der Waals surface area contributed by atoms with E-state index in [1.807, 2.05) is 60.4 Å². The zero-order valence-electron chi connectivity index (χ0n) is 16.2. The Kier molecular flexibility index (Phi) is 4.60. The SMILES string of the molecule is Cc1nn(-c2ccccc2)nc1C(=O)N1CCC[C@@H](c2nc3ccccc3s2)C1.